The Labute approximate surface area is 114 Å². The van der Waals surface area contributed by atoms with Crippen LogP contribution in [0.1, 0.15) is 18.4 Å². The Kier molecular flexibility index (Phi) is 8.86. The summed E-state index contributed by atoms with van der Waals surface area (Å²) in [7, 11) is 1.68. The Morgan fingerprint density at radius 3 is 2.56 bits per heavy atom. The van der Waals surface area contributed by atoms with Gasteiger partial charge in [-0.3, -0.25) is 0 Å². The maximum absolute atomic E-state index is 5.82. The van der Waals surface area contributed by atoms with E-state index in [1.54, 1.807) is 7.11 Å². The van der Waals surface area contributed by atoms with Gasteiger partial charge in [0.05, 0.1) is 13.2 Å². The van der Waals surface area contributed by atoms with E-state index < -0.39 is 0 Å². The lowest BCUT2D eigenvalue weighted by Crippen LogP contribution is -2.15. The third kappa shape index (κ3) is 7.67. The fourth-order valence-electron chi connectivity index (χ4n) is 1.53. The molecule has 0 aliphatic heterocycles. The van der Waals surface area contributed by atoms with Gasteiger partial charge in [-0.25, -0.2) is 0 Å². The predicted molar refractivity (Wildman–Crippen MR) is 75.1 cm³/mol. The molecule has 0 aliphatic carbocycles. The molecule has 3 nitrogen and oxygen atoms in total. The first-order valence-electron chi connectivity index (χ1n) is 6.35. The highest BCUT2D eigenvalue weighted by atomic mass is 35.5. The average Bonchev–Trinajstić information content (AvgIpc) is 2.39. The second-order valence-corrected chi connectivity index (χ2v) is 4.55. The molecule has 102 valence electrons. The molecule has 0 unspecified atom stereocenters. The van der Waals surface area contributed by atoms with Crippen LogP contribution in [0.15, 0.2) is 24.3 Å². The molecule has 1 N–H and O–H groups in total. The first kappa shape index (κ1) is 15.4. The fraction of sp³-hybridized carbons (Fsp3) is 0.571. The maximum Gasteiger partial charge on any atom is 0.0700 e. The van der Waals surface area contributed by atoms with Crippen molar-refractivity contribution in [2.45, 2.75) is 19.4 Å². The summed E-state index contributed by atoms with van der Waals surface area (Å²) >= 11 is 5.82. The van der Waals surface area contributed by atoms with E-state index in [1.165, 1.54) is 5.56 Å². The van der Waals surface area contributed by atoms with Crippen LogP contribution < -0.4 is 5.32 Å². The van der Waals surface area contributed by atoms with Gasteiger partial charge in [0, 0.05) is 25.3 Å². The summed E-state index contributed by atoms with van der Waals surface area (Å²) in [5, 5.41) is 4.18. The van der Waals surface area contributed by atoms with Crippen LogP contribution >= 0.6 is 11.6 Å². The largest absolute Gasteiger partial charge is 0.382 e. The van der Waals surface area contributed by atoms with Crippen molar-refractivity contribution in [3.05, 3.63) is 34.9 Å². The molecule has 1 aromatic rings. The topological polar surface area (TPSA) is 30.5 Å². The van der Waals surface area contributed by atoms with Gasteiger partial charge < -0.3 is 14.8 Å². The van der Waals surface area contributed by atoms with Crippen LogP contribution in [-0.4, -0.2) is 33.5 Å². The van der Waals surface area contributed by atoms with Gasteiger partial charge in [-0.1, -0.05) is 23.7 Å². The van der Waals surface area contributed by atoms with Crippen LogP contribution in [0.5, 0.6) is 0 Å². The molecule has 4 heteroatoms. The molecule has 1 rings (SSSR count). The summed E-state index contributed by atoms with van der Waals surface area (Å²) in [6.07, 6.45) is 2.21. The Bertz CT molecular complexity index is 303. The lowest BCUT2D eigenvalue weighted by molar-refractivity contribution is 0.0688. The summed E-state index contributed by atoms with van der Waals surface area (Å²) in [4.78, 5) is 0. The van der Waals surface area contributed by atoms with Crippen LogP contribution in [0.3, 0.4) is 0 Å². The van der Waals surface area contributed by atoms with Crippen molar-refractivity contribution in [2.24, 2.45) is 0 Å². The molecule has 0 atom stereocenters. The zero-order valence-corrected chi connectivity index (χ0v) is 11.7. The second kappa shape index (κ2) is 10.3. The van der Waals surface area contributed by atoms with Crippen LogP contribution in [0.25, 0.3) is 0 Å². The third-order valence-corrected chi connectivity index (χ3v) is 2.82. The third-order valence-electron chi connectivity index (χ3n) is 2.57. The van der Waals surface area contributed by atoms with E-state index in [2.05, 4.69) is 5.32 Å². The molecule has 0 radical (unpaired) electrons. The number of rotatable bonds is 10. The zero-order valence-electron chi connectivity index (χ0n) is 11.0. The summed E-state index contributed by atoms with van der Waals surface area (Å²) in [6, 6.07) is 7.93. The first-order chi connectivity index (χ1) is 8.83. The molecular formula is C14H22ClNO2. The first-order valence-corrected chi connectivity index (χ1v) is 6.72. The number of hydrogen-bond acceptors (Lipinski definition) is 3. The van der Waals surface area contributed by atoms with Crippen LogP contribution in [-0.2, 0) is 16.0 Å². The van der Waals surface area contributed by atoms with E-state index >= 15 is 0 Å². The van der Waals surface area contributed by atoms with Crippen molar-refractivity contribution in [2.75, 3.05) is 33.5 Å². The van der Waals surface area contributed by atoms with Gasteiger partial charge in [-0.15, -0.1) is 0 Å². The van der Waals surface area contributed by atoms with Crippen molar-refractivity contribution in [3.8, 4) is 0 Å². The maximum atomic E-state index is 5.82. The molecule has 0 aliphatic rings. The van der Waals surface area contributed by atoms with Crippen LogP contribution in [0, 0.1) is 0 Å². The zero-order chi connectivity index (χ0) is 13.1. The van der Waals surface area contributed by atoms with Gasteiger partial charge >= 0.3 is 0 Å². The number of nitrogens with one attached hydrogen (secondary N) is 1. The predicted octanol–water partition coefficient (Wildman–Crippen LogP) is 2.87. The van der Waals surface area contributed by atoms with Gasteiger partial charge in [0.2, 0.25) is 0 Å². The van der Waals surface area contributed by atoms with Gasteiger partial charge in [0.15, 0.2) is 0 Å². The molecule has 0 heterocycles. The van der Waals surface area contributed by atoms with E-state index in [0.29, 0.717) is 13.2 Å². The minimum absolute atomic E-state index is 0.675. The molecular weight excluding hydrogens is 250 g/mol. The van der Waals surface area contributed by atoms with E-state index in [4.69, 9.17) is 21.1 Å². The van der Waals surface area contributed by atoms with Crippen LogP contribution in [0.2, 0.25) is 5.02 Å². The molecule has 0 amide bonds. The molecule has 0 saturated carbocycles. The molecule has 0 saturated heterocycles. The molecule has 0 bridgehead atoms. The minimum atomic E-state index is 0.675. The normalized spacial score (nSPS) is 10.8. The Balaban J connectivity index is 1.91. The van der Waals surface area contributed by atoms with Crippen LogP contribution in [0.4, 0.5) is 0 Å². The lowest BCUT2D eigenvalue weighted by Gasteiger charge is -2.06. The summed E-state index contributed by atoms with van der Waals surface area (Å²) in [5.41, 5.74) is 1.26. The minimum Gasteiger partial charge on any atom is -0.382 e. The van der Waals surface area contributed by atoms with E-state index in [1.807, 2.05) is 24.3 Å². The number of hydrogen-bond donors (Lipinski definition) is 1. The van der Waals surface area contributed by atoms with Gasteiger partial charge in [0.1, 0.15) is 0 Å². The molecule has 0 fully saturated rings. The van der Waals surface area contributed by atoms with Gasteiger partial charge in [-0.05, 0) is 37.1 Å². The summed E-state index contributed by atoms with van der Waals surface area (Å²) in [6.45, 7) is 4.08. The smallest absolute Gasteiger partial charge is 0.0700 e. The molecule has 0 spiro atoms. The number of halogens is 1. The van der Waals surface area contributed by atoms with Crippen molar-refractivity contribution in [3.63, 3.8) is 0 Å². The molecule has 1 aromatic carbocycles. The standard InChI is InChI=1S/C14H22ClNO2/c1-17-10-11-18-9-3-2-8-16-12-13-4-6-14(15)7-5-13/h4-7,16H,2-3,8-12H2,1H3. The highest BCUT2D eigenvalue weighted by Gasteiger charge is 1.93. The number of ether oxygens (including phenoxy) is 2. The van der Waals surface area contributed by atoms with Crippen molar-refractivity contribution in [1.29, 1.82) is 0 Å². The van der Waals surface area contributed by atoms with E-state index in [9.17, 15) is 0 Å². The number of unbranched alkanes of at least 4 members (excludes halogenated alkanes) is 1. The molecule has 18 heavy (non-hydrogen) atoms. The van der Waals surface area contributed by atoms with Gasteiger partial charge in [-0.2, -0.15) is 0 Å². The van der Waals surface area contributed by atoms with Crippen molar-refractivity contribution < 1.29 is 9.47 Å². The SMILES string of the molecule is COCCOCCCCNCc1ccc(Cl)cc1. The summed E-state index contributed by atoms with van der Waals surface area (Å²) in [5.74, 6) is 0. The number of methoxy groups -OCH3 is 1. The summed E-state index contributed by atoms with van der Waals surface area (Å²) < 4.78 is 10.3. The monoisotopic (exact) mass is 271 g/mol. The van der Waals surface area contributed by atoms with E-state index in [0.717, 1.165) is 37.6 Å². The highest BCUT2D eigenvalue weighted by Crippen LogP contribution is 2.09. The average molecular weight is 272 g/mol. The fourth-order valence-corrected chi connectivity index (χ4v) is 1.66. The van der Waals surface area contributed by atoms with Crippen molar-refractivity contribution >= 4 is 11.6 Å². The van der Waals surface area contributed by atoms with E-state index in [-0.39, 0.29) is 0 Å². The second-order valence-electron chi connectivity index (χ2n) is 4.12. The lowest BCUT2D eigenvalue weighted by atomic mass is 10.2. The van der Waals surface area contributed by atoms with Crippen molar-refractivity contribution in [1.82, 2.24) is 5.32 Å². The van der Waals surface area contributed by atoms with Gasteiger partial charge in [0.25, 0.3) is 0 Å². The highest BCUT2D eigenvalue weighted by molar-refractivity contribution is 6.30. The number of benzene rings is 1. The quantitative estimate of drug-likeness (QED) is 0.664. The molecule has 0 aromatic heterocycles. The Morgan fingerprint density at radius 2 is 1.83 bits per heavy atom. The Morgan fingerprint density at radius 1 is 1.06 bits per heavy atom. The Hall–Kier alpha value is -0.610.